The first-order valence-corrected chi connectivity index (χ1v) is 4.59. The summed E-state index contributed by atoms with van der Waals surface area (Å²) in [5.74, 6) is 0.700. The van der Waals surface area contributed by atoms with Crippen LogP contribution in [0.1, 0.15) is 26.2 Å². The van der Waals surface area contributed by atoms with Crippen molar-refractivity contribution >= 4 is 5.96 Å². The van der Waals surface area contributed by atoms with Gasteiger partial charge in [0.15, 0.2) is 0 Å². The number of aliphatic imine (C=N–C) groups is 1. The molecule has 0 aromatic rings. The van der Waals surface area contributed by atoms with Gasteiger partial charge in [0.05, 0.1) is 13.1 Å². The fraction of sp³-hybridized carbons (Fsp3) is 0.875. The second-order valence-corrected chi connectivity index (χ2v) is 2.80. The van der Waals surface area contributed by atoms with Gasteiger partial charge in [0, 0.05) is 6.54 Å². The molecule has 0 atom stereocenters. The Balaban J connectivity index is 2.05. The molecule has 1 aliphatic heterocycles. The molecular formula is C8H16N4. The summed E-state index contributed by atoms with van der Waals surface area (Å²) < 4.78 is 0. The zero-order chi connectivity index (χ0) is 8.65. The van der Waals surface area contributed by atoms with Gasteiger partial charge in [0.1, 0.15) is 0 Å². The van der Waals surface area contributed by atoms with Crippen LogP contribution in [-0.2, 0) is 0 Å². The quantitative estimate of drug-likeness (QED) is 0.503. The smallest absolute Gasteiger partial charge is 0.237 e. The third-order valence-electron chi connectivity index (χ3n) is 1.68. The van der Waals surface area contributed by atoms with Crippen LogP contribution in [0.15, 0.2) is 15.2 Å². The monoisotopic (exact) mass is 168 g/mol. The van der Waals surface area contributed by atoms with Gasteiger partial charge in [-0.2, -0.15) is 5.11 Å². The van der Waals surface area contributed by atoms with Crippen molar-refractivity contribution in [3.05, 3.63) is 0 Å². The fourth-order valence-corrected chi connectivity index (χ4v) is 1.00. The third-order valence-corrected chi connectivity index (χ3v) is 1.68. The molecule has 1 aliphatic rings. The molecule has 4 nitrogen and oxygen atoms in total. The van der Waals surface area contributed by atoms with Crippen LogP contribution >= 0.6 is 0 Å². The minimum Gasteiger partial charge on any atom is -0.351 e. The van der Waals surface area contributed by atoms with Crippen molar-refractivity contribution in [3.63, 3.8) is 0 Å². The summed E-state index contributed by atoms with van der Waals surface area (Å²) in [7, 11) is 0. The SMILES string of the molecule is CCCCCN=NC1=NCCN1. The lowest BCUT2D eigenvalue weighted by Crippen LogP contribution is -2.15. The van der Waals surface area contributed by atoms with E-state index in [-0.39, 0.29) is 0 Å². The lowest BCUT2D eigenvalue weighted by atomic mass is 10.3. The zero-order valence-electron chi connectivity index (χ0n) is 7.58. The number of rotatable bonds is 4. The summed E-state index contributed by atoms with van der Waals surface area (Å²) in [6, 6.07) is 0. The Morgan fingerprint density at radius 2 is 2.42 bits per heavy atom. The maximum atomic E-state index is 4.10. The van der Waals surface area contributed by atoms with Crippen molar-refractivity contribution in [2.24, 2.45) is 15.2 Å². The normalized spacial score (nSPS) is 16.6. The summed E-state index contributed by atoms with van der Waals surface area (Å²) in [4.78, 5) is 4.10. The molecule has 0 fully saturated rings. The van der Waals surface area contributed by atoms with Gasteiger partial charge in [0.25, 0.3) is 0 Å². The maximum Gasteiger partial charge on any atom is 0.237 e. The van der Waals surface area contributed by atoms with E-state index >= 15 is 0 Å². The lowest BCUT2D eigenvalue weighted by molar-refractivity contribution is 0.713. The van der Waals surface area contributed by atoms with E-state index in [9.17, 15) is 0 Å². The van der Waals surface area contributed by atoms with Crippen molar-refractivity contribution in [2.75, 3.05) is 19.6 Å². The van der Waals surface area contributed by atoms with Crippen LogP contribution in [0, 0.1) is 0 Å². The Morgan fingerprint density at radius 3 is 3.08 bits per heavy atom. The van der Waals surface area contributed by atoms with Gasteiger partial charge in [-0.15, -0.1) is 5.11 Å². The summed E-state index contributed by atoms with van der Waals surface area (Å²) in [6.07, 6.45) is 3.60. The molecule has 0 saturated carbocycles. The number of nitrogens with zero attached hydrogens (tertiary/aromatic N) is 3. The highest BCUT2D eigenvalue weighted by Crippen LogP contribution is 1.95. The molecule has 1 heterocycles. The molecule has 1 rings (SSSR count). The number of hydrogen-bond acceptors (Lipinski definition) is 4. The summed E-state index contributed by atoms with van der Waals surface area (Å²) >= 11 is 0. The van der Waals surface area contributed by atoms with E-state index in [0.717, 1.165) is 26.1 Å². The van der Waals surface area contributed by atoms with Crippen molar-refractivity contribution < 1.29 is 0 Å². The molecule has 0 spiro atoms. The minimum atomic E-state index is 0.700. The molecule has 0 unspecified atom stereocenters. The number of nitrogens with one attached hydrogen (secondary N) is 1. The van der Waals surface area contributed by atoms with Crippen molar-refractivity contribution in [2.45, 2.75) is 26.2 Å². The van der Waals surface area contributed by atoms with Gasteiger partial charge >= 0.3 is 0 Å². The van der Waals surface area contributed by atoms with E-state index in [2.05, 4.69) is 27.5 Å². The van der Waals surface area contributed by atoms with Crippen molar-refractivity contribution in [3.8, 4) is 0 Å². The second kappa shape index (κ2) is 5.69. The van der Waals surface area contributed by atoms with Gasteiger partial charge < -0.3 is 5.32 Å². The van der Waals surface area contributed by atoms with Gasteiger partial charge in [-0.25, -0.2) is 4.99 Å². The maximum absolute atomic E-state index is 4.10. The van der Waals surface area contributed by atoms with E-state index < -0.39 is 0 Å². The molecular weight excluding hydrogens is 152 g/mol. The highest BCUT2D eigenvalue weighted by molar-refractivity contribution is 5.81. The molecule has 0 amide bonds. The molecule has 0 radical (unpaired) electrons. The lowest BCUT2D eigenvalue weighted by Gasteiger charge is -1.92. The summed E-state index contributed by atoms with van der Waals surface area (Å²) in [5.41, 5.74) is 0. The van der Waals surface area contributed by atoms with E-state index in [1.54, 1.807) is 0 Å². The van der Waals surface area contributed by atoms with Gasteiger partial charge in [-0.3, -0.25) is 0 Å². The number of hydrogen-bond donors (Lipinski definition) is 1. The molecule has 0 bridgehead atoms. The predicted octanol–water partition coefficient (Wildman–Crippen LogP) is 1.59. The molecule has 12 heavy (non-hydrogen) atoms. The topological polar surface area (TPSA) is 49.1 Å². The minimum absolute atomic E-state index is 0.700. The highest BCUT2D eigenvalue weighted by Gasteiger charge is 2.00. The van der Waals surface area contributed by atoms with E-state index in [1.807, 2.05) is 0 Å². The number of guanidine groups is 1. The summed E-state index contributed by atoms with van der Waals surface area (Å²) in [6.45, 7) is 4.75. The number of azo groups is 1. The van der Waals surface area contributed by atoms with Crippen LogP contribution in [0.4, 0.5) is 0 Å². The first-order valence-electron chi connectivity index (χ1n) is 4.59. The largest absolute Gasteiger partial charge is 0.351 e. The predicted molar refractivity (Wildman–Crippen MR) is 49.6 cm³/mol. The van der Waals surface area contributed by atoms with Crippen LogP contribution in [-0.4, -0.2) is 25.6 Å². The molecule has 0 aromatic carbocycles. The van der Waals surface area contributed by atoms with Gasteiger partial charge in [-0.05, 0) is 6.42 Å². The van der Waals surface area contributed by atoms with Crippen LogP contribution in [0.25, 0.3) is 0 Å². The molecule has 68 valence electrons. The first kappa shape index (κ1) is 9.16. The highest BCUT2D eigenvalue weighted by atomic mass is 15.3. The second-order valence-electron chi connectivity index (χ2n) is 2.80. The van der Waals surface area contributed by atoms with Crippen LogP contribution in [0.5, 0.6) is 0 Å². The Hall–Kier alpha value is -0.930. The van der Waals surface area contributed by atoms with Crippen LogP contribution in [0.2, 0.25) is 0 Å². The van der Waals surface area contributed by atoms with E-state index in [4.69, 9.17) is 0 Å². The van der Waals surface area contributed by atoms with Crippen molar-refractivity contribution in [1.82, 2.24) is 5.32 Å². The van der Waals surface area contributed by atoms with Crippen molar-refractivity contribution in [1.29, 1.82) is 0 Å². The Bertz CT molecular complexity index is 174. The van der Waals surface area contributed by atoms with Gasteiger partial charge in [-0.1, -0.05) is 19.8 Å². The average molecular weight is 168 g/mol. The summed E-state index contributed by atoms with van der Waals surface area (Å²) in [5, 5.41) is 11.0. The fourth-order valence-electron chi connectivity index (χ4n) is 1.00. The molecule has 0 aromatic heterocycles. The molecule has 4 heteroatoms. The van der Waals surface area contributed by atoms with Crippen LogP contribution in [0.3, 0.4) is 0 Å². The Kier molecular flexibility index (Phi) is 4.34. The van der Waals surface area contributed by atoms with Gasteiger partial charge in [0.2, 0.25) is 5.96 Å². The Labute approximate surface area is 73.2 Å². The van der Waals surface area contributed by atoms with E-state index in [0.29, 0.717) is 5.96 Å². The third kappa shape index (κ3) is 3.46. The van der Waals surface area contributed by atoms with Crippen LogP contribution < -0.4 is 5.32 Å². The molecule has 1 N–H and O–H groups in total. The zero-order valence-corrected chi connectivity index (χ0v) is 7.58. The Morgan fingerprint density at radius 1 is 1.50 bits per heavy atom. The first-order chi connectivity index (χ1) is 5.93. The molecule has 0 saturated heterocycles. The standard InChI is InChI=1S/C8H16N4/c1-2-3-4-5-11-12-8-9-6-7-10-8/h2-7H2,1H3,(H,9,10). The van der Waals surface area contributed by atoms with E-state index in [1.165, 1.54) is 12.8 Å². The average Bonchev–Trinajstić information content (AvgIpc) is 2.57. The molecule has 0 aliphatic carbocycles. The number of unbranched alkanes of at least 4 members (excludes halogenated alkanes) is 2.